The van der Waals surface area contributed by atoms with Gasteiger partial charge in [-0.2, -0.15) is 0 Å². The number of nitro groups is 1. The largest absolute Gasteiger partial charge is 0.496 e. The molecular weight excluding hydrogens is 522 g/mol. The van der Waals surface area contributed by atoms with Crippen LogP contribution in [0.5, 0.6) is 5.75 Å². The highest BCUT2D eigenvalue weighted by molar-refractivity contribution is 7.07. The number of nitrogens with zero attached hydrogens (tertiary/aromatic N) is 3. The summed E-state index contributed by atoms with van der Waals surface area (Å²) in [6.45, 7) is 3.60. The molecule has 1 aliphatic heterocycles. The summed E-state index contributed by atoms with van der Waals surface area (Å²) in [6.07, 6.45) is 1.59. The number of allylic oxidation sites excluding steroid dienone is 1. The van der Waals surface area contributed by atoms with Crippen LogP contribution in [0.1, 0.15) is 31.2 Å². The Kier molecular flexibility index (Phi) is 6.99. The van der Waals surface area contributed by atoms with E-state index in [0.717, 1.165) is 11.3 Å². The van der Waals surface area contributed by atoms with Gasteiger partial charge in [0, 0.05) is 29.3 Å². The van der Waals surface area contributed by atoms with Gasteiger partial charge < -0.3 is 13.9 Å². The van der Waals surface area contributed by atoms with Crippen LogP contribution in [-0.2, 0) is 9.53 Å². The first-order chi connectivity index (χ1) is 18.8. The third-order valence-corrected chi connectivity index (χ3v) is 7.18. The van der Waals surface area contributed by atoms with Crippen LogP contribution in [0.4, 0.5) is 5.69 Å². The molecule has 0 radical (unpaired) electrons. The lowest BCUT2D eigenvalue weighted by atomic mass is 9.95. The van der Waals surface area contributed by atoms with Crippen molar-refractivity contribution < 1.29 is 23.6 Å². The van der Waals surface area contributed by atoms with Gasteiger partial charge in [0.2, 0.25) is 0 Å². The summed E-state index contributed by atoms with van der Waals surface area (Å²) in [6, 6.07) is 15.8. The van der Waals surface area contributed by atoms with Crippen molar-refractivity contribution in [3.8, 4) is 17.1 Å². The van der Waals surface area contributed by atoms with Crippen LogP contribution in [0.25, 0.3) is 17.4 Å². The molecule has 2 aromatic carbocycles. The number of rotatable bonds is 7. The Labute approximate surface area is 225 Å². The highest BCUT2D eigenvalue weighted by atomic mass is 32.1. The SMILES string of the molecule is CCOC(=O)C1=C(C)N=c2s/c(=C/c3ccc(-c4cccc([N+](=O)[O-])c4)o3)c(=O)n2[C@H]1c1ccccc1OC. The maximum absolute atomic E-state index is 13.8. The van der Waals surface area contributed by atoms with Crippen molar-refractivity contribution in [2.45, 2.75) is 19.9 Å². The number of methoxy groups -OCH3 is 1. The fourth-order valence-electron chi connectivity index (χ4n) is 4.47. The summed E-state index contributed by atoms with van der Waals surface area (Å²) in [5.74, 6) is 0.764. The minimum atomic E-state index is -0.810. The minimum absolute atomic E-state index is 0.0529. The number of aromatic nitrogens is 1. The number of hydrogen-bond acceptors (Lipinski definition) is 9. The molecular formula is C28H23N3O7S. The topological polar surface area (TPSA) is 126 Å². The van der Waals surface area contributed by atoms with E-state index in [2.05, 4.69) is 4.99 Å². The Bertz CT molecular complexity index is 1810. The number of benzene rings is 2. The van der Waals surface area contributed by atoms with Crippen molar-refractivity contribution in [3.05, 3.63) is 113 Å². The highest BCUT2D eigenvalue weighted by Gasteiger charge is 2.35. The second-order valence-corrected chi connectivity index (χ2v) is 9.56. The lowest BCUT2D eigenvalue weighted by Crippen LogP contribution is -2.40. The molecule has 0 bridgehead atoms. The summed E-state index contributed by atoms with van der Waals surface area (Å²) in [5, 5.41) is 11.1. The van der Waals surface area contributed by atoms with Crippen LogP contribution in [0.2, 0.25) is 0 Å². The van der Waals surface area contributed by atoms with Crippen LogP contribution < -0.4 is 19.6 Å². The normalized spacial score (nSPS) is 15.1. The number of non-ortho nitro benzene ring substituents is 1. The average molecular weight is 546 g/mol. The molecule has 0 unspecified atom stereocenters. The Morgan fingerprint density at radius 2 is 2.00 bits per heavy atom. The summed E-state index contributed by atoms with van der Waals surface area (Å²) in [4.78, 5) is 42.5. The Hall–Kier alpha value is -4.77. The fourth-order valence-corrected chi connectivity index (χ4v) is 5.49. The van der Waals surface area contributed by atoms with E-state index >= 15 is 0 Å². The fraction of sp³-hybridized carbons (Fsp3) is 0.179. The van der Waals surface area contributed by atoms with Gasteiger partial charge >= 0.3 is 5.97 Å². The number of furan rings is 1. The van der Waals surface area contributed by atoms with Gasteiger partial charge in [0.05, 0.1) is 34.4 Å². The second kappa shape index (κ2) is 10.5. The molecule has 198 valence electrons. The van der Waals surface area contributed by atoms with Gasteiger partial charge in [0.25, 0.3) is 11.2 Å². The van der Waals surface area contributed by atoms with E-state index in [0.29, 0.717) is 43.4 Å². The van der Waals surface area contributed by atoms with E-state index in [4.69, 9.17) is 13.9 Å². The van der Waals surface area contributed by atoms with Gasteiger partial charge in [-0.05, 0) is 32.0 Å². The van der Waals surface area contributed by atoms with Crippen LogP contribution >= 0.6 is 11.3 Å². The van der Waals surface area contributed by atoms with E-state index < -0.39 is 16.9 Å². The van der Waals surface area contributed by atoms with Gasteiger partial charge in [0.15, 0.2) is 4.80 Å². The molecule has 0 saturated heterocycles. The number of ether oxygens (including phenoxy) is 2. The summed E-state index contributed by atoms with van der Waals surface area (Å²) in [5.41, 5.74) is 1.45. The summed E-state index contributed by atoms with van der Waals surface area (Å²) >= 11 is 1.16. The van der Waals surface area contributed by atoms with Crippen molar-refractivity contribution in [1.29, 1.82) is 0 Å². The van der Waals surface area contributed by atoms with Gasteiger partial charge in [-0.3, -0.25) is 19.5 Å². The third kappa shape index (κ3) is 4.79. The Morgan fingerprint density at radius 3 is 2.74 bits per heavy atom. The average Bonchev–Trinajstić information content (AvgIpc) is 3.52. The number of esters is 1. The second-order valence-electron chi connectivity index (χ2n) is 8.55. The molecule has 11 heteroatoms. The first-order valence-electron chi connectivity index (χ1n) is 12.0. The molecule has 0 N–H and O–H groups in total. The molecule has 5 rings (SSSR count). The molecule has 4 aromatic rings. The molecule has 39 heavy (non-hydrogen) atoms. The van der Waals surface area contributed by atoms with Gasteiger partial charge in [-0.1, -0.05) is 41.7 Å². The zero-order chi connectivity index (χ0) is 27.7. The quantitative estimate of drug-likeness (QED) is 0.195. The smallest absolute Gasteiger partial charge is 0.338 e. The number of thiazole rings is 1. The number of nitro benzene ring substituents is 1. The van der Waals surface area contributed by atoms with Crippen LogP contribution in [0, 0.1) is 10.1 Å². The van der Waals surface area contributed by atoms with Gasteiger partial charge in [-0.15, -0.1) is 0 Å². The zero-order valence-corrected chi connectivity index (χ0v) is 22.1. The van der Waals surface area contributed by atoms with Crippen LogP contribution in [-0.4, -0.2) is 29.2 Å². The predicted molar refractivity (Wildman–Crippen MR) is 144 cm³/mol. The molecule has 2 aromatic heterocycles. The lowest BCUT2D eigenvalue weighted by Gasteiger charge is -2.25. The van der Waals surface area contributed by atoms with Crippen molar-refractivity contribution in [1.82, 2.24) is 4.57 Å². The molecule has 0 amide bonds. The Balaban J connectivity index is 1.64. The Morgan fingerprint density at radius 1 is 1.21 bits per heavy atom. The van der Waals surface area contributed by atoms with E-state index in [1.165, 1.54) is 23.8 Å². The third-order valence-electron chi connectivity index (χ3n) is 6.19. The van der Waals surface area contributed by atoms with Gasteiger partial charge in [-0.25, -0.2) is 9.79 Å². The molecule has 1 atom stereocenters. The molecule has 0 spiro atoms. The van der Waals surface area contributed by atoms with Crippen molar-refractivity contribution >= 4 is 29.1 Å². The first-order valence-corrected chi connectivity index (χ1v) is 12.8. The molecule has 1 aliphatic rings. The monoisotopic (exact) mass is 545 g/mol. The molecule has 3 heterocycles. The molecule has 0 saturated carbocycles. The van der Waals surface area contributed by atoms with Crippen molar-refractivity contribution in [2.24, 2.45) is 4.99 Å². The van der Waals surface area contributed by atoms with Crippen molar-refractivity contribution in [3.63, 3.8) is 0 Å². The first kappa shape index (κ1) is 25.9. The van der Waals surface area contributed by atoms with E-state index in [1.807, 2.05) is 12.1 Å². The van der Waals surface area contributed by atoms with Crippen LogP contribution in [0.15, 0.2) is 86.1 Å². The molecule has 0 aliphatic carbocycles. The highest BCUT2D eigenvalue weighted by Crippen LogP contribution is 2.35. The number of hydrogen-bond donors (Lipinski definition) is 0. The molecule has 0 fully saturated rings. The predicted octanol–water partition coefficient (Wildman–Crippen LogP) is 3.98. The number of fused-ring (bicyclic) bond motifs is 1. The van der Waals surface area contributed by atoms with Gasteiger partial charge in [0.1, 0.15) is 23.3 Å². The van der Waals surface area contributed by atoms with E-state index in [9.17, 15) is 19.7 Å². The molecule has 10 nitrogen and oxygen atoms in total. The zero-order valence-electron chi connectivity index (χ0n) is 21.2. The van der Waals surface area contributed by atoms with Crippen LogP contribution in [0.3, 0.4) is 0 Å². The number of carbonyl (C=O) groups is 1. The maximum atomic E-state index is 13.8. The number of carbonyl (C=O) groups excluding carboxylic acids is 1. The summed E-state index contributed by atoms with van der Waals surface area (Å²) < 4.78 is 18.6. The maximum Gasteiger partial charge on any atom is 0.338 e. The van der Waals surface area contributed by atoms with E-state index in [1.54, 1.807) is 56.3 Å². The van der Waals surface area contributed by atoms with Crippen molar-refractivity contribution in [2.75, 3.05) is 13.7 Å². The minimum Gasteiger partial charge on any atom is -0.496 e. The standard InChI is InChI=1S/C28H23N3O7S/c1-4-37-27(33)24-16(2)29-28-30(25(24)20-10-5-6-11-22(20)36-3)26(32)23(39-28)15-19-12-13-21(38-19)17-8-7-9-18(14-17)31(34)35/h5-15,25H,4H2,1-3H3/b23-15+/t25-/m0/s1. The summed E-state index contributed by atoms with van der Waals surface area (Å²) in [7, 11) is 1.53. The number of para-hydroxylation sites is 1. The lowest BCUT2D eigenvalue weighted by molar-refractivity contribution is -0.384. The van der Waals surface area contributed by atoms with E-state index in [-0.39, 0.29) is 23.4 Å².